The fourth-order valence-corrected chi connectivity index (χ4v) is 1.99. The molecular weight excluding hydrogens is 252 g/mol. The van der Waals surface area contributed by atoms with E-state index in [-0.39, 0.29) is 5.91 Å². The fraction of sp³-hybridized carbons (Fsp3) is 0.385. The maximum Gasteiger partial charge on any atom is 0.254 e. The zero-order chi connectivity index (χ0) is 13.1. The van der Waals surface area contributed by atoms with Crippen LogP contribution in [0.2, 0.25) is 5.02 Å². The van der Waals surface area contributed by atoms with E-state index < -0.39 is 6.10 Å². The topological polar surface area (TPSA) is 53.3 Å². The second-order valence-electron chi connectivity index (χ2n) is 4.20. The molecule has 1 aliphatic rings. The zero-order valence-electron chi connectivity index (χ0n) is 10.0. The van der Waals surface area contributed by atoms with E-state index in [1.165, 1.54) is 0 Å². The molecule has 5 heteroatoms. The molecule has 1 saturated heterocycles. The molecule has 0 bridgehead atoms. The van der Waals surface area contributed by atoms with Crippen LogP contribution in [0.15, 0.2) is 18.2 Å². The Bertz CT molecular complexity index is 510. The van der Waals surface area contributed by atoms with Crippen molar-refractivity contribution >= 4 is 17.5 Å². The average molecular weight is 265 g/mol. The Labute approximate surface area is 111 Å². The number of morpholine rings is 1. The highest BCUT2D eigenvalue weighted by Crippen LogP contribution is 2.18. The van der Waals surface area contributed by atoms with Crippen LogP contribution in [0.1, 0.15) is 15.9 Å². The van der Waals surface area contributed by atoms with E-state index in [2.05, 4.69) is 0 Å². The molecule has 1 aromatic rings. The summed E-state index contributed by atoms with van der Waals surface area (Å²) in [7, 11) is 0. The minimum Gasteiger partial charge on any atom is -0.360 e. The molecule has 1 aliphatic heterocycles. The van der Waals surface area contributed by atoms with Gasteiger partial charge in [0.25, 0.3) is 5.91 Å². The number of hydrogen-bond donors (Lipinski definition) is 0. The number of rotatable bonds is 1. The van der Waals surface area contributed by atoms with E-state index in [0.717, 1.165) is 5.56 Å². The summed E-state index contributed by atoms with van der Waals surface area (Å²) in [4.78, 5) is 13.9. The van der Waals surface area contributed by atoms with E-state index in [0.29, 0.717) is 30.3 Å². The van der Waals surface area contributed by atoms with E-state index in [9.17, 15) is 4.79 Å². The molecule has 0 spiro atoms. The Hall–Kier alpha value is -1.57. The van der Waals surface area contributed by atoms with E-state index >= 15 is 0 Å². The van der Waals surface area contributed by atoms with Gasteiger partial charge in [0, 0.05) is 17.1 Å². The minimum atomic E-state index is -0.531. The lowest BCUT2D eigenvalue weighted by atomic mass is 10.1. The van der Waals surface area contributed by atoms with Crippen molar-refractivity contribution in [1.82, 2.24) is 4.90 Å². The first-order valence-corrected chi connectivity index (χ1v) is 6.06. The molecule has 0 radical (unpaired) electrons. The van der Waals surface area contributed by atoms with Crippen LogP contribution in [0.3, 0.4) is 0 Å². The molecule has 1 fully saturated rings. The number of benzene rings is 1. The predicted octanol–water partition coefficient (Wildman–Crippen LogP) is 2.01. The van der Waals surface area contributed by atoms with Gasteiger partial charge in [0.05, 0.1) is 19.2 Å². The fourth-order valence-electron chi connectivity index (χ4n) is 1.87. The SMILES string of the molecule is Cc1cc(C(=O)N2CCOC(C#N)C2)ccc1Cl. The summed E-state index contributed by atoms with van der Waals surface area (Å²) in [6.07, 6.45) is -0.531. The van der Waals surface area contributed by atoms with Crippen molar-refractivity contribution in [3.05, 3.63) is 34.3 Å². The quantitative estimate of drug-likeness (QED) is 0.780. The first-order valence-electron chi connectivity index (χ1n) is 5.68. The number of amides is 1. The number of ether oxygens (including phenoxy) is 1. The molecule has 4 nitrogen and oxygen atoms in total. The van der Waals surface area contributed by atoms with E-state index in [1.54, 1.807) is 23.1 Å². The maximum absolute atomic E-state index is 12.2. The number of carbonyl (C=O) groups excluding carboxylic acids is 1. The van der Waals surface area contributed by atoms with Gasteiger partial charge in [-0.1, -0.05) is 11.6 Å². The first kappa shape index (κ1) is 12.9. The molecule has 0 aliphatic carbocycles. The Morgan fingerprint density at radius 1 is 1.61 bits per heavy atom. The first-order chi connectivity index (χ1) is 8.61. The second-order valence-corrected chi connectivity index (χ2v) is 4.61. The molecule has 18 heavy (non-hydrogen) atoms. The van der Waals surface area contributed by atoms with E-state index in [4.69, 9.17) is 21.6 Å². The van der Waals surface area contributed by atoms with Gasteiger partial charge in [0.15, 0.2) is 6.10 Å². The summed E-state index contributed by atoms with van der Waals surface area (Å²) in [5.74, 6) is -0.0849. The molecule has 0 N–H and O–H groups in total. The molecule has 1 atom stereocenters. The molecule has 1 amide bonds. The standard InChI is InChI=1S/C13H13ClN2O2/c1-9-6-10(2-3-12(9)14)13(17)16-4-5-18-11(7-15)8-16/h2-3,6,11H,4-5,8H2,1H3. The van der Waals surface area contributed by atoms with Gasteiger partial charge in [-0.15, -0.1) is 0 Å². The average Bonchev–Trinajstić information content (AvgIpc) is 2.41. The van der Waals surface area contributed by atoms with Gasteiger partial charge < -0.3 is 9.64 Å². The van der Waals surface area contributed by atoms with Crippen LogP contribution in [0.4, 0.5) is 0 Å². The summed E-state index contributed by atoms with van der Waals surface area (Å²) in [6, 6.07) is 7.21. The Morgan fingerprint density at radius 2 is 2.39 bits per heavy atom. The molecule has 2 rings (SSSR count). The van der Waals surface area contributed by atoms with E-state index in [1.807, 2.05) is 13.0 Å². The number of nitriles is 1. The Kier molecular flexibility index (Phi) is 3.85. The lowest BCUT2D eigenvalue weighted by molar-refractivity contribution is 0.00346. The summed E-state index contributed by atoms with van der Waals surface area (Å²) in [6.45, 7) is 3.09. The lowest BCUT2D eigenvalue weighted by Gasteiger charge is -2.29. The minimum absolute atomic E-state index is 0.0849. The number of nitrogens with zero attached hydrogens (tertiary/aromatic N) is 2. The summed E-state index contributed by atoms with van der Waals surface area (Å²) < 4.78 is 5.21. The van der Waals surface area contributed by atoms with Gasteiger partial charge in [-0.3, -0.25) is 4.79 Å². The van der Waals surface area contributed by atoms with Crippen molar-refractivity contribution in [1.29, 1.82) is 5.26 Å². The van der Waals surface area contributed by atoms with Gasteiger partial charge in [-0.25, -0.2) is 0 Å². The van der Waals surface area contributed by atoms with Crippen molar-refractivity contribution in [3.8, 4) is 6.07 Å². The third kappa shape index (κ3) is 2.63. The van der Waals surface area contributed by atoms with Crippen LogP contribution in [0, 0.1) is 18.3 Å². The third-order valence-electron chi connectivity index (χ3n) is 2.90. The van der Waals surface area contributed by atoms with Crippen molar-refractivity contribution in [2.24, 2.45) is 0 Å². The molecular formula is C13H13ClN2O2. The number of hydrogen-bond acceptors (Lipinski definition) is 3. The lowest BCUT2D eigenvalue weighted by Crippen LogP contribution is -2.45. The number of halogens is 1. The second kappa shape index (κ2) is 5.38. The van der Waals surface area contributed by atoms with Gasteiger partial charge in [-0.05, 0) is 30.7 Å². The van der Waals surface area contributed by atoms with Crippen molar-refractivity contribution in [2.45, 2.75) is 13.0 Å². The zero-order valence-corrected chi connectivity index (χ0v) is 10.8. The van der Waals surface area contributed by atoms with Gasteiger partial charge in [0.1, 0.15) is 0 Å². The van der Waals surface area contributed by atoms with Crippen LogP contribution in [-0.2, 0) is 4.74 Å². The molecule has 0 saturated carbocycles. The van der Waals surface area contributed by atoms with Gasteiger partial charge in [0.2, 0.25) is 0 Å². The van der Waals surface area contributed by atoms with Gasteiger partial charge >= 0.3 is 0 Å². The number of aryl methyl sites for hydroxylation is 1. The van der Waals surface area contributed by atoms with Crippen LogP contribution < -0.4 is 0 Å². The largest absolute Gasteiger partial charge is 0.360 e. The summed E-state index contributed by atoms with van der Waals surface area (Å²) >= 11 is 5.93. The highest BCUT2D eigenvalue weighted by molar-refractivity contribution is 6.31. The molecule has 1 aromatic carbocycles. The van der Waals surface area contributed by atoms with Crippen LogP contribution in [0.5, 0.6) is 0 Å². The summed E-state index contributed by atoms with van der Waals surface area (Å²) in [5, 5.41) is 9.45. The maximum atomic E-state index is 12.2. The summed E-state index contributed by atoms with van der Waals surface area (Å²) in [5.41, 5.74) is 1.46. The smallest absolute Gasteiger partial charge is 0.254 e. The number of carbonyl (C=O) groups is 1. The molecule has 1 heterocycles. The van der Waals surface area contributed by atoms with Crippen LogP contribution in [0.25, 0.3) is 0 Å². The van der Waals surface area contributed by atoms with Gasteiger partial charge in [-0.2, -0.15) is 5.26 Å². The van der Waals surface area contributed by atoms with Crippen LogP contribution in [-0.4, -0.2) is 36.6 Å². The third-order valence-corrected chi connectivity index (χ3v) is 3.33. The Morgan fingerprint density at radius 3 is 3.06 bits per heavy atom. The monoisotopic (exact) mass is 264 g/mol. The van der Waals surface area contributed by atoms with Crippen molar-refractivity contribution < 1.29 is 9.53 Å². The molecule has 1 unspecified atom stereocenters. The highest BCUT2D eigenvalue weighted by Gasteiger charge is 2.24. The highest BCUT2D eigenvalue weighted by atomic mass is 35.5. The van der Waals surface area contributed by atoms with Crippen molar-refractivity contribution in [2.75, 3.05) is 19.7 Å². The van der Waals surface area contributed by atoms with Crippen LogP contribution >= 0.6 is 11.6 Å². The molecule has 0 aromatic heterocycles. The molecule has 94 valence electrons. The predicted molar refractivity (Wildman–Crippen MR) is 67.4 cm³/mol. The normalized spacial score (nSPS) is 19.4. The Balaban J connectivity index is 2.15. The van der Waals surface area contributed by atoms with Crippen molar-refractivity contribution in [3.63, 3.8) is 0 Å².